The summed E-state index contributed by atoms with van der Waals surface area (Å²) in [6.45, 7) is 0.673. The molecule has 0 radical (unpaired) electrons. The van der Waals surface area contributed by atoms with E-state index in [0.29, 0.717) is 12.6 Å². The summed E-state index contributed by atoms with van der Waals surface area (Å²) in [6, 6.07) is 16.9. The number of anilines is 1. The number of hydrogen-bond donors (Lipinski definition) is 2. The zero-order valence-corrected chi connectivity index (χ0v) is 13.0. The molecule has 2 atom stereocenters. The standard InChI is InChI=1S/C19H21N3O/c1-2-5-14(6-3-1)13-23-17-8-4-7-16(17)21-18-10-9-15-11-12-20-19(15)22-18/h1-3,5-6,9-12,16-17H,4,7-8,13H2,(H2,20,21,22)/t16-,17-/m1/s1. The number of nitrogens with one attached hydrogen (secondary N) is 2. The average molecular weight is 307 g/mol. The van der Waals surface area contributed by atoms with Gasteiger partial charge in [-0.2, -0.15) is 0 Å². The van der Waals surface area contributed by atoms with Gasteiger partial charge < -0.3 is 15.0 Å². The predicted octanol–water partition coefficient (Wildman–Crippen LogP) is 4.11. The van der Waals surface area contributed by atoms with Crippen molar-refractivity contribution in [2.45, 2.75) is 38.0 Å². The van der Waals surface area contributed by atoms with Crippen LogP contribution < -0.4 is 5.32 Å². The normalized spacial score (nSPS) is 20.9. The van der Waals surface area contributed by atoms with E-state index in [1.165, 1.54) is 12.0 Å². The van der Waals surface area contributed by atoms with E-state index in [1.54, 1.807) is 0 Å². The van der Waals surface area contributed by atoms with Crippen LogP contribution in [0.2, 0.25) is 0 Å². The van der Waals surface area contributed by atoms with E-state index in [2.05, 4.69) is 45.6 Å². The highest BCUT2D eigenvalue weighted by atomic mass is 16.5. The van der Waals surface area contributed by atoms with E-state index < -0.39 is 0 Å². The lowest BCUT2D eigenvalue weighted by Crippen LogP contribution is -2.30. The van der Waals surface area contributed by atoms with Crippen molar-refractivity contribution in [3.63, 3.8) is 0 Å². The van der Waals surface area contributed by atoms with Crippen LogP contribution in [-0.4, -0.2) is 22.1 Å². The number of nitrogens with zero attached hydrogens (tertiary/aromatic N) is 1. The second-order valence-electron chi connectivity index (χ2n) is 6.13. The van der Waals surface area contributed by atoms with Crippen LogP contribution in [0.3, 0.4) is 0 Å². The minimum absolute atomic E-state index is 0.247. The lowest BCUT2D eigenvalue weighted by Gasteiger charge is -2.22. The molecule has 0 amide bonds. The Labute approximate surface area is 135 Å². The Morgan fingerprint density at radius 2 is 2.00 bits per heavy atom. The number of hydrogen-bond acceptors (Lipinski definition) is 3. The first-order chi connectivity index (χ1) is 11.4. The number of H-pyrrole nitrogens is 1. The zero-order valence-electron chi connectivity index (χ0n) is 13.0. The summed E-state index contributed by atoms with van der Waals surface area (Å²) in [4.78, 5) is 7.79. The van der Waals surface area contributed by atoms with Gasteiger partial charge in [0.1, 0.15) is 11.5 Å². The van der Waals surface area contributed by atoms with Gasteiger partial charge >= 0.3 is 0 Å². The highest BCUT2D eigenvalue weighted by Gasteiger charge is 2.28. The Balaban J connectivity index is 1.41. The summed E-state index contributed by atoms with van der Waals surface area (Å²) in [7, 11) is 0. The molecule has 1 aromatic carbocycles. The minimum atomic E-state index is 0.247. The molecule has 2 aromatic heterocycles. The SMILES string of the molecule is c1ccc(CO[C@@H]2CCC[C@H]2Nc2ccc3cc[nH]c3n2)cc1. The van der Waals surface area contributed by atoms with Crippen molar-refractivity contribution in [3.05, 3.63) is 60.3 Å². The third kappa shape index (κ3) is 3.22. The summed E-state index contributed by atoms with van der Waals surface area (Å²) in [5.74, 6) is 0.917. The minimum Gasteiger partial charge on any atom is -0.371 e. The molecule has 0 unspecified atom stereocenters. The summed E-state index contributed by atoms with van der Waals surface area (Å²) in [5.41, 5.74) is 2.15. The molecule has 0 saturated heterocycles. The third-order valence-corrected chi connectivity index (χ3v) is 4.50. The molecule has 3 aromatic rings. The van der Waals surface area contributed by atoms with Crippen molar-refractivity contribution in [1.29, 1.82) is 0 Å². The number of benzene rings is 1. The van der Waals surface area contributed by atoms with Gasteiger partial charge in [-0.3, -0.25) is 0 Å². The van der Waals surface area contributed by atoms with Crippen LogP contribution in [0, 0.1) is 0 Å². The first-order valence-electron chi connectivity index (χ1n) is 8.25. The molecule has 0 aliphatic heterocycles. The Morgan fingerprint density at radius 3 is 2.91 bits per heavy atom. The van der Waals surface area contributed by atoms with Gasteiger partial charge in [-0.25, -0.2) is 4.98 Å². The van der Waals surface area contributed by atoms with E-state index >= 15 is 0 Å². The topological polar surface area (TPSA) is 49.9 Å². The van der Waals surface area contributed by atoms with Crippen LogP contribution in [0.4, 0.5) is 5.82 Å². The second kappa shape index (κ2) is 6.42. The Kier molecular flexibility index (Phi) is 3.99. The number of ether oxygens (including phenoxy) is 1. The molecule has 118 valence electrons. The molecule has 4 heteroatoms. The van der Waals surface area contributed by atoms with Crippen molar-refractivity contribution < 1.29 is 4.74 Å². The van der Waals surface area contributed by atoms with Crippen LogP contribution in [0.1, 0.15) is 24.8 Å². The number of pyridine rings is 1. The van der Waals surface area contributed by atoms with E-state index in [1.807, 2.05) is 24.4 Å². The fourth-order valence-corrected chi connectivity index (χ4v) is 3.27. The quantitative estimate of drug-likeness (QED) is 0.745. The van der Waals surface area contributed by atoms with E-state index in [0.717, 1.165) is 29.7 Å². The average Bonchev–Trinajstić information content (AvgIpc) is 3.22. The second-order valence-corrected chi connectivity index (χ2v) is 6.13. The van der Waals surface area contributed by atoms with Crippen molar-refractivity contribution in [2.24, 2.45) is 0 Å². The van der Waals surface area contributed by atoms with E-state index in [-0.39, 0.29) is 6.10 Å². The Bertz CT molecular complexity index is 768. The summed E-state index contributed by atoms with van der Waals surface area (Å²) in [5, 5.41) is 4.69. The maximum atomic E-state index is 6.15. The Hall–Kier alpha value is -2.33. The maximum Gasteiger partial charge on any atom is 0.139 e. The van der Waals surface area contributed by atoms with Crippen LogP contribution in [-0.2, 0) is 11.3 Å². The molecule has 0 spiro atoms. The Morgan fingerprint density at radius 1 is 1.09 bits per heavy atom. The molecule has 2 N–H and O–H groups in total. The molecule has 1 saturated carbocycles. The molecule has 0 bridgehead atoms. The molecule has 4 nitrogen and oxygen atoms in total. The molecular weight excluding hydrogens is 286 g/mol. The van der Waals surface area contributed by atoms with Crippen LogP contribution in [0.15, 0.2) is 54.7 Å². The van der Waals surface area contributed by atoms with Crippen molar-refractivity contribution in [3.8, 4) is 0 Å². The highest BCUT2D eigenvalue weighted by molar-refractivity contribution is 5.77. The van der Waals surface area contributed by atoms with Gasteiger partial charge in [0, 0.05) is 11.6 Å². The number of aromatic amines is 1. The molecule has 4 rings (SSSR count). The molecular formula is C19H21N3O. The smallest absolute Gasteiger partial charge is 0.139 e. The first kappa shape index (κ1) is 14.3. The van der Waals surface area contributed by atoms with Crippen molar-refractivity contribution in [2.75, 3.05) is 5.32 Å². The summed E-state index contributed by atoms with van der Waals surface area (Å²) < 4.78 is 6.15. The molecule has 2 heterocycles. The summed E-state index contributed by atoms with van der Waals surface area (Å²) >= 11 is 0. The van der Waals surface area contributed by atoms with Crippen LogP contribution in [0.5, 0.6) is 0 Å². The number of aromatic nitrogens is 2. The largest absolute Gasteiger partial charge is 0.371 e. The lowest BCUT2D eigenvalue weighted by molar-refractivity contribution is 0.0394. The third-order valence-electron chi connectivity index (χ3n) is 4.50. The van der Waals surface area contributed by atoms with Gasteiger partial charge in [0.2, 0.25) is 0 Å². The van der Waals surface area contributed by atoms with Crippen LogP contribution >= 0.6 is 0 Å². The fourth-order valence-electron chi connectivity index (χ4n) is 3.27. The fraction of sp³-hybridized carbons (Fsp3) is 0.316. The molecule has 23 heavy (non-hydrogen) atoms. The molecule has 1 fully saturated rings. The van der Waals surface area contributed by atoms with Gasteiger partial charge in [0.05, 0.1) is 18.8 Å². The summed E-state index contributed by atoms with van der Waals surface area (Å²) in [6.07, 6.45) is 5.60. The van der Waals surface area contributed by atoms with Crippen LogP contribution in [0.25, 0.3) is 11.0 Å². The first-order valence-corrected chi connectivity index (χ1v) is 8.25. The number of fused-ring (bicyclic) bond motifs is 1. The lowest BCUT2D eigenvalue weighted by atomic mass is 10.2. The molecule has 1 aliphatic rings. The predicted molar refractivity (Wildman–Crippen MR) is 92.4 cm³/mol. The monoisotopic (exact) mass is 307 g/mol. The zero-order chi connectivity index (χ0) is 15.5. The number of rotatable bonds is 5. The maximum absolute atomic E-state index is 6.15. The van der Waals surface area contributed by atoms with Crippen molar-refractivity contribution in [1.82, 2.24) is 9.97 Å². The van der Waals surface area contributed by atoms with Gasteiger partial charge in [-0.1, -0.05) is 30.3 Å². The van der Waals surface area contributed by atoms with Crippen molar-refractivity contribution >= 4 is 16.9 Å². The van der Waals surface area contributed by atoms with E-state index in [9.17, 15) is 0 Å². The van der Waals surface area contributed by atoms with Gasteiger partial charge in [0.15, 0.2) is 0 Å². The molecule has 1 aliphatic carbocycles. The van der Waals surface area contributed by atoms with Gasteiger partial charge in [-0.05, 0) is 43.0 Å². The van der Waals surface area contributed by atoms with E-state index in [4.69, 9.17) is 4.74 Å². The highest BCUT2D eigenvalue weighted by Crippen LogP contribution is 2.26. The van der Waals surface area contributed by atoms with Gasteiger partial charge in [-0.15, -0.1) is 0 Å². The van der Waals surface area contributed by atoms with Gasteiger partial charge in [0.25, 0.3) is 0 Å².